The third-order valence-corrected chi connectivity index (χ3v) is 5.03. The van der Waals surface area contributed by atoms with Gasteiger partial charge in [-0.15, -0.1) is 0 Å². The van der Waals surface area contributed by atoms with E-state index in [-0.39, 0.29) is 5.91 Å². The fourth-order valence-corrected chi connectivity index (χ4v) is 3.25. The van der Waals surface area contributed by atoms with Gasteiger partial charge in [-0.25, -0.2) is 9.97 Å². The summed E-state index contributed by atoms with van der Waals surface area (Å²) in [5, 5.41) is 3.29. The van der Waals surface area contributed by atoms with Gasteiger partial charge < -0.3 is 15.1 Å². The lowest BCUT2D eigenvalue weighted by Crippen LogP contribution is -2.47. The second-order valence-corrected chi connectivity index (χ2v) is 7.15. The van der Waals surface area contributed by atoms with Crippen LogP contribution in [0.2, 0.25) is 0 Å². The van der Waals surface area contributed by atoms with Gasteiger partial charge >= 0.3 is 0 Å². The molecule has 3 heterocycles. The van der Waals surface area contributed by atoms with E-state index in [1.165, 1.54) is 0 Å². The summed E-state index contributed by atoms with van der Waals surface area (Å²) in [4.78, 5) is 29.9. The van der Waals surface area contributed by atoms with Crippen LogP contribution in [0, 0.1) is 0 Å². The van der Waals surface area contributed by atoms with Crippen molar-refractivity contribution in [2.24, 2.45) is 0 Å². The van der Waals surface area contributed by atoms with E-state index in [1.807, 2.05) is 53.6 Å². The van der Waals surface area contributed by atoms with E-state index >= 15 is 0 Å². The Labute approximate surface area is 170 Å². The van der Waals surface area contributed by atoms with Gasteiger partial charge in [0.15, 0.2) is 5.82 Å². The van der Waals surface area contributed by atoms with Crippen molar-refractivity contribution >= 4 is 11.7 Å². The fourth-order valence-electron chi connectivity index (χ4n) is 3.25. The van der Waals surface area contributed by atoms with Crippen molar-refractivity contribution in [3.05, 3.63) is 72.2 Å². The first-order valence-electron chi connectivity index (χ1n) is 9.73. The molecular weight excluding hydrogens is 364 g/mol. The van der Waals surface area contributed by atoms with Crippen LogP contribution in [0.1, 0.15) is 15.9 Å². The van der Waals surface area contributed by atoms with Crippen molar-refractivity contribution in [1.29, 1.82) is 0 Å². The molecule has 7 nitrogen and oxygen atoms in total. The van der Waals surface area contributed by atoms with Gasteiger partial charge in [-0.05, 0) is 36.9 Å². The van der Waals surface area contributed by atoms with Gasteiger partial charge in [0.1, 0.15) is 5.82 Å². The maximum Gasteiger partial charge on any atom is 0.253 e. The number of likely N-dealkylation sites (N-methyl/N-ethyl adjacent to an activating group) is 1. The molecule has 1 N–H and O–H groups in total. The summed E-state index contributed by atoms with van der Waals surface area (Å²) in [6, 6.07) is 13.3. The smallest absolute Gasteiger partial charge is 0.253 e. The highest BCUT2D eigenvalue weighted by Gasteiger charge is 2.20. The molecule has 1 aliphatic heterocycles. The lowest BCUT2D eigenvalue weighted by Gasteiger charge is -2.32. The van der Waals surface area contributed by atoms with Crippen LogP contribution < -0.4 is 5.32 Å². The van der Waals surface area contributed by atoms with Crippen molar-refractivity contribution in [2.75, 3.05) is 38.5 Å². The molecular formula is C22H24N6O. The van der Waals surface area contributed by atoms with E-state index in [9.17, 15) is 4.79 Å². The average Bonchev–Trinajstić information content (AvgIpc) is 2.79. The number of hydrogen-bond donors (Lipinski definition) is 1. The zero-order valence-corrected chi connectivity index (χ0v) is 16.5. The number of carbonyl (C=O) groups excluding carboxylic acids is 1. The highest BCUT2D eigenvalue weighted by Crippen LogP contribution is 2.18. The summed E-state index contributed by atoms with van der Waals surface area (Å²) < 4.78 is 0. The van der Waals surface area contributed by atoms with E-state index in [0.29, 0.717) is 17.9 Å². The van der Waals surface area contributed by atoms with Crippen LogP contribution in [-0.2, 0) is 6.54 Å². The molecule has 4 rings (SSSR count). The zero-order valence-electron chi connectivity index (χ0n) is 16.5. The van der Waals surface area contributed by atoms with Crippen LogP contribution in [0.3, 0.4) is 0 Å². The maximum absolute atomic E-state index is 12.7. The van der Waals surface area contributed by atoms with Gasteiger partial charge in [0.25, 0.3) is 5.91 Å². The average molecular weight is 388 g/mol. The molecule has 3 aromatic rings. The number of anilines is 1. The summed E-state index contributed by atoms with van der Waals surface area (Å²) in [5.41, 5.74) is 2.66. The first-order chi connectivity index (χ1) is 14.2. The number of nitrogens with zero attached hydrogens (tertiary/aromatic N) is 5. The Balaban J connectivity index is 1.43. The minimum Gasteiger partial charge on any atom is -0.366 e. The number of hydrogen-bond acceptors (Lipinski definition) is 6. The minimum absolute atomic E-state index is 0.0810. The van der Waals surface area contributed by atoms with Crippen LogP contribution in [0.5, 0.6) is 0 Å². The summed E-state index contributed by atoms with van der Waals surface area (Å²) in [6.07, 6.45) is 5.31. The van der Waals surface area contributed by atoms with Gasteiger partial charge in [0.05, 0.1) is 0 Å². The standard InChI is InChI=1S/C22H24N6O/c1-27-11-13-28(14-12-27)22(29)19-6-4-18(5-7-19)21-24-10-8-20(26-21)25-16-17-3-2-9-23-15-17/h2-10,15H,11-14,16H2,1H3,(H,24,25,26). The molecule has 1 saturated heterocycles. The highest BCUT2D eigenvalue weighted by atomic mass is 16.2. The summed E-state index contributed by atoms with van der Waals surface area (Å²) in [5.74, 6) is 1.45. The van der Waals surface area contributed by atoms with Gasteiger partial charge in [-0.3, -0.25) is 9.78 Å². The molecule has 0 saturated carbocycles. The zero-order chi connectivity index (χ0) is 20.1. The van der Waals surface area contributed by atoms with Crippen molar-refractivity contribution in [3.63, 3.8) is 0 Å². The van der Waals surface area contributed by atoms with Crippen LogP contribution in [-0.4, -0.2) is 63.9 Å². The first kappa shape index (κ1) is 19.0. The van der Waals surface area contributed by atoms with Crippen molar-refractivity contribution in [1.82, 2.24) is 24.8 Å². The number of amides is 1. The molecule has 2 aromatic heterocycles. The van der Waals surface area contributed by atoms with E-state index < -0.39 is 0 Å². The van der Waals surface area contributed by atoms with Gasteiger partial charge in [-0.1, -0.05) is 18.2 Å². The minimum atomic E-state index is 0.0810. The SMILES string of the molecule is CN1CCN(C(=O)c2ccc(-c3nccc(NCc4cccnc4)n3)cc2)CC1. The van der Waals surface area contributed by atoms with Gasteiger partial charge in [0.2, 0.25) is 0 Å². The number of benzene rings is 1. The Morgan fingerprint density at radius 3 is 2.55 bits per heavy atom. The quantitative estimate of drug-likeness (QED) is 0.724. The predicted molar refractivity (Wildman–Crippen MR) is 112 cm³/mol. The molecule has 0 spiro atoms. The number of carbonyl (C=O) groups is 1. The number of aromatic nitrogens is 3. The van der Waals surface area contributed by atoms with Crippen LogP contribution >= 0.6 is 0 Å². The molecule has 1 amide bonds. The molecule has 0 aliphatic carbocycles. The molecule has 0 atom stereocenters. The Hall–Kier alpha value is -3.32. The first-order valence-corrected chi connectivity index (χ1v) is 9.73. The topological polar surface area (TPSA) is 74.2 Å². The van der Waals surface area contributed by atoms with Crippen LogP contribution in [0.4, 0.5) is 5.82 Å². The molecule has 0 unspecified atom stereocenters. The van der Waals surface area contributed by atoms with Crippen molar-refractivity contribution < 1.29 is 4.79 Å². The van der Waals surface area contributed by atoms with E-state index in [2.05, 4.69) is 32.2 Å². The van der Waals surface area contributed by atoms with E-state index in [0.717, 1.165) is 43.1 Å². The lowest BCUT2D eigenvalue weighted by atomic mass is 10.1. The molecule has 1 fully saturated rings. The number of pyridine rings is 1. The van der Waals surface area contributed by atoms with Crippen molar-refractivity contribution in [2.45, 2.75) is 6.54 Å². The van der Waals surface area contributed by atoms with E-state index in [1.54, 1.807) is 12.4 Å². The Kier molecular flexibility index (Phi) is 5.76. The molecule has 148 valence electrons. The second kappa shape index (κ2) is 8.79. The van der Waals surface area contributed by atoms with Crippen LogP contribution in [0.25, 0.3) is 11.4 Å². The van der Waals surface area contributed by atoms with Crippen LogP contribution in [0.15, 0.2) is 61.1 Å². The molecule has 0 bridgehead atoms. The fraction of sp³-hybridized carbons (Fsp3) is 0.273. The Morgan fingerprint density at radius 1 is 1.03 bits per heavy atom. The highest BCUT2D eigenvalue weighted by molar-refractivity contribution is 5.94. The third kappa shape index (κ3) is 4.75. The summed E-state index contributed by atoms with van der Waals surface area (Å²) in [6.45, 7) is 4.01. The number of nitrogens with one attached hydrogen (secondary N) is 1. The largest absolute Gasteiger partial charge is 0.366 e. The Morgan fingerprint density at radius 2 is 1.83 bits per heavy atom. The number of piperazine rings is 1. The summed E-state index contributed by atoms with van der Waals surface area (Å²) in [7, 11) is 2.08. The maximum atomic E-state index is 12.7. The lowest BCUT2D eigenvalue weighted by molar-refractivity contribution is 0.0664. The van der Waals surface area contributed by atoms with E-state index in [4.69, 9.17) is 0 Å². The number of rotatable bonds is 5. The molecule has 1 aromatic carbocycles. The predicted octanol–water partition coefficient (Wildman–Crippen LogP) is 2.54. The Bertz CT molecular complexity index is 953. The monoisotopic (exact) mass is 388 g/mol. The molecule has 0 radical (unpaired) electrons. The molecule has 1 aliphatic rings. The molecule has 7 heteroatoms. The summed E-state index contributed by atoms with van der Waals surface area (Å²) >= 11 is 0. The van der Waals surface area contributed by atoms with Gasteiger partial charge in [-0.2, -0.15) is 0 Å². The van der Waals surface area contributed by atoms with Gasteiger partial charge in [0, 0.05) is 62.4 Å². The molecule has 29 heavy (non-hydrogen) atoms. The second-order valence-electron chi connectivity index (χ2n) is 7.15. The normalized spacial score (nSPS) is 14.6. The third-order valence-electron chi connectivity index (χ3n) is 5.03. The van der Waals surface area contributed by atoms with Crippen molar-refractivity contribution in [3.8, 4) is 11.4 Å².